The molecule has 0 aromatic rings. The van der Waals surface area contributed by atoms with Crippen LogP contribution in [-0.4, -0.2) is 23.4 Å². The van der Waals surface area contributed by atoms with E-state index in [0.717, 1.165) is 11.9 Å². The summed E-state index contributed by atoms with van der Waals surface area (Å²) < 4.78 is 2.65. The Morgan fingerprint density at radius 1 is 1.88 bits per heavy atom. The fourth-order valence-electron chi connectivity index (χ4n) is 0.198. The molecule has 0 aromatic carbocycles. The molecule has 0 aromatic heterocycles. The molecule has 0 fully saturated rings. The van der Waals surface area contributed by atoms with E-state index in [4.69, 9.17) is 5.11 Å². The van der Waals surface area contributed by atoms with Crippen molar-refractivity contribution < 1.29 is 9.90 Å². The van der Waals surface area contributed by atoms with Crippen LogP contribution in [0.3, 0.4) is 0 Å². The largest absolute Gasteiger partial charge is 0.395 e. The number of aliphatic hydroxyl groups is 1. The lowest BCUT2D eigenvalue weighted by molar-refractivity contribution is -0.109. The summed E-state index contributed by atoms with van der Waals surface area (Å²) in [7, 11) is 0. The highest BCUT2D eigenvalue weighted by atomic mass is 32.2. The topological polar surface area (TPSA) is 49.3 Å². The lowest BCUT2D eigenvalue weighted by Crippen LogP contribution is -2.10. The van der Waals surface area contributed by atoms with E-state index in [0.29, 0.717) is 6.54 Å². The van der Waals surface area contributed by atoms with Crippen molar-refractivity contribution in [1.82, 2.24) is 4.72 Å². The van der Waals surface area contributed by atoms with E-state index in [1.165, 1.54) is 6.92 Å². The van der Waals surface area contributed by atoms with Gasteiger partial charge in [-0.05, 0) is 11.9 Å². The molecule has 4 heteroatoms. The van der Waals surface area contributed by atoms with E-state index in [-0.39, 0.29) is 11.7 Å². The van der Waals surface area contributed by atoms with Crippen molar-refractivity contribution in [2.45, 2.75) is 6.92 Å². The lowest BCUT2D eigenvalue weighted by Gasteiger charge is -1.93. The second kappa shape index (κ2) is 5.08. The molecule has 0 atom stereocenters. The van der Waals surface area contributed by atoms with Crippen molar-refractivity contribution in [2.75, 3.05) is 13.2 Å². The summed E-state index contributed by atoms with van der Waals surface area (Å²) in [6, 6.07) is 0. The fraction of sp³-hybridized carbons (Fsp3) is 0.750. The average Bonchev–Trinajstić information content (AvgIpc) is 1.66. The first-order chi connectivity index (χ1) is 3.77. The van der Waals surface area contributed by atoms with Crippen molar-refractivity contribution in [1.29, 1.82) is 0 Å². The third kappa shape index (κ3) is 5.94. The van der Waals surface area contributed by atoms with Crippen LogP contribution in [0.1, 0.15) is 6.92 Å². The molecule has 0 heterocycles. The molecule has 0 rings (SSSR count). The quantitative estimate of drug-likeness (QED) is 0.414. The Hall–Kier alpha value is -0.0600. The molecule has 0 unspecified atom stereocenters. The maximum Gasteiger partial charge on any atom is 0.200 e. The van der Waals surface area contributed by atoms with Crippen LogP contribution in [0.4, 0.5) is 0 Å². The molecule has 8 heavy (non-hydrogen) atoms. The second-order valence-corrected chi connectivity index (χ2v) is 2.28. The highest BCUT2D eigenvalue weighted by Crippen LogP contribution is 1.90. The Kier molecular flexibility index (Phi) is 5.05. The number of carbonyl (C=O) groups is 1. The van der Waals surface area contributed by atoms with Gasteiger partial charge in [-0.1, -0.05) is 0 Å². The van der Waals surface area contributed by atoms with Crippen LogP contribution in [0, 0.1) is 0 Å². The first kappa shape index (κ1) is 7.94. The van der Waals surface area contributed by atoms with Gasteiger partial charge in [-0.3, -0.25) is 9.52 Å². The summed E-state index contributed by atoms with van der Waals surface area (Å²) in [5, 5.41) is 8.20. The molecule has 48 valence electrons. The minimum Gasteiger partial charge on any atom is -0.395 e. The molecule has 0 radical (unpaired) electrons. The van der Waals surface area contributed by atoms with Crippen molar-refractivity contribution in [3.63, 3.8) is 0 Å². The van der Waals surface area contributed by atoms with Crippen LogP contribution in [-0.2, 0) is 4.79 Å². The van der Waals surface area contributed by atoms with Crippen LogP contribution in [0.2, 0.25) is 0 Å². The highest BCUT2D eigenvalue weighted by molar-refractivity contribution is 8.11. The molecular weight excluding hydrogens is 126 g/mol. The van der Waals surface area contributed by atoms with E-state index in [9.17, 15) is 4.79 Å². The van der Waals surface area contributed by atoms with Crippen LogP contribution in [0.15, 0.2) is 0 Å². The smallest absolute Gasteiger partial charge is 0.200 e. The fourth-order valence-corrected chi connectivity index (χ4v) is 0.595. The Morgan fingerprint density at radius 3 is 2.88 bits per heavy atom. The van der Waals surface area contributed by atoms with Crippen molar-refractivity contribution >= 4 is 17.1 Å². The number of aliphatic hydroxyl groups excluding tert-OH is 1. The average molecular weight is 135 g/mol. The molecule has 3 nitrogen and oxygen atoms in total. The number of carbonyl (C=O) groups excluding carboxylic acids is 1. The zero-order chi connectivity index (χ0) is 6.41. The van der Waals surface area contributed by atoms with E-state index >= 15 is 0 Å². The van der Waals surface area contributed by atoms with Gasteiger partial charge in [0.1, 0.15) is 0 Å². The van der Waals surface area contributed by atoms with Gasteiger partial charge in [0.05, 0.1) is 6.61 Å². The Bertz CT molecular complexity index is 76.4. The molecule has 0 aliphatic carbocycles. The Balaban J connectivity index is 2.82. The molecule has 0 saturated heterocycles. The third-order valence-corrected chi connectivity index (χ3v) is 1.07. The molecule has 0 amide bonds. The van der Waals surface area contributed by atoms with Crippen LogP contribution in [0.5, 0.6) is 0 Å². The summed E-state index contributed by atoms with van der Waals surface area (Å²) in [5.41, 5.74) is 0. The minimum absolute atomic E-state index is 0.0125. The van der Waals surface area contributed by atoms with Gasteiger partial charge in [-0.2, -0.15) is 0 Å². The van der Waals surface area contributed by atoms with Gasteiger partial charge in [0.15, 0.2) is 0 Å². The number of rotatable bonds is 3. The Morgan fingerprint density at radius 2 is 2.50 bits per heavy atom. The van der Waals surface area contributed by atoms with Crippen LogP contribution >= 0.6 is 11.9 Å². The van der Waals surface area contributed by atoms with Crippen molar-refractivity contribution in [3.8, 4) is 0 Å². The predicted molar refractivity (Wildman–Crippen MR) is 33.4 cm³/mol. The van der Waals surface area contributed by atoms with Gasteiger partial charge < -0.3 is 5.11 Å². The maximum absolute atomic E-state index is 10.1. The zero-order valence-corrected chi connectivity index (χ0v) is 5.49. The predicted octanol–water partition coefficient (Wildman–Crippen LogP) is -0.237. The molecule has 2 N–H and O–H groups in total. The lowest BCUT2D eigenvalue weighted by atomic mass is 10.8. The molecule has 0 aliphatic heterocycles. The second-order valence-electron chi connectivity index (χ2n) is 1.21. The molecule has 0 bridgehead atoms. The minimum atomic E-state index is 0.0125. The molecule has 0 spiro atoms. The van der Waals surface area contributed by atoms with E-state index in [1.807, 2.05) is 0 Å². The van der Waals surface area contributed by atoms with Gasteiger partial charge in [0.25, 0.3) is 0 Å². The molecule has 0 aliphatic rings. The first-order valence-corrected chi connectivity index (χ1v) is 3.10. The van der Waals surface area contributed by atoms with E-state index in [1.54, 1.807) is 0 Å². The number of hydrogen-bond acceptors (Lipinski definition) is 4. The standard InChI is InChI=1S/C4H9NO2S/c1-4(7)8-5-2-3-6/h5-6H,2-3H2,1H3. The number of nitrogens with one attached hydrogen (secondary N) is 1. The summed E-state index contributed by atoms with van der Waals surface area (Å²) in [6.45, 7) is 2.00. The molecular formula is C4H9NO2S. The summed E-state index contributed by atoms with van der Waals surface area (Å²) >= 11 is 1.01. The molecule has 0 saturated carbocycles. The normalized spacial score (nSPS) is 9.25. The zero-order valence-electron chi connectivity index (χ0n) is 4.68. The van der Waals surface area contributed by atoms with Crippen molar-refractivity contribution in [2.24, 2.45) is 0 Å². The van der Waals surface area contributed by atoms with Crippen LogP contribution in [0.25, 0.3) is 0 Å². The van der Waals surface area contributed by atoms with Gasteiger partial charge in [0.2, 0.25) is 5.12 Å². The van der Waals surface area contributed by atoms with Crippen LogP contribution < -0.4 is 4.72 Å². The van der Waals surface area contributed by atoms with Gasteiger partial charge >= 0.3 is 0 Å². The monoisotopic (exact) mass is 135 g/mol. The maximum atomic E-state index is 10.1. The summed E-state index contributed by atoms with van der Waals surface area (Å²) in [4.78, 5) is 10.1. The first-order valence-electron chi connectivity index (χ1n) is 2.28. The summed E-state index contributed by atoms with van der Waals surface area (Å²) in [6.07, 6.45) is 0. The number of hydrogen-bond donors (Lipinski definition) is 2. The van der Waals surface area contributed by atoms with E-state index < -0.39 is 0 Å². The van der Waals surface area contributed by atoms with Gasteiger partial charge in [0, 0.05) is 13.5 Å². The summed E-state index contributed by atoms with van der Waals surface area (Å²) in [5.74, 6) is 0. The highest BCUT2D eigenvalue weighted by Gasteiger charge is 1.89. The Labute approximate surface area is 52.6 Å². The van der Waals surface area contributed by atoms with E-state index in [2.05, 4.69) is 4.72 Å². The third-order valence-electron chi connectivity index (χ3n) is 0.430. The SMILES string of the molecule is CC(=O)SNCCO. The van der Waals surface area contributed by atoms with Gasteiger partial charge in [-0.15, -0.1) is 0 Å². The van der Waals surface area contributed by atoms with Crippen molar-refractivity contribution in [3.05, 3.63) is 0 Å². The van der Waals surface area contributed by atoms with Gasteiger partial charge in [-0.25, -0.2) is 0 Å².